The maximum Gasteiger partial charge on any atom is 0.263 e. The molecule has 2 aromatic carbocycles. The van der Waals surface area contributed by atoms with E-state index >= 15 is 0 Å². The number of benzene rings is 2. The van der Waals surface area contributed by atoms with Gasteiger partial charge in [0.1, 0.15) is 11.4 Å². The smallest absolute Gasteiger partial charge is 0.263 e. The van der Waals surface area contributed by atoms with Crippen molar-refractivity contribution in [1.29, 1.82) is 0 Å². The van der Waals surface area contributed by atoms with E-state index in [0.717, 1.165) is 16.7 Å². The molecule has 0 aliphatic rings. The number of hydrogen-bond donors (Lipinski definition) is 1. The van der Waals surface area contributed by atoms with Gasteiger partial charge in [0.15, 0.2) is 0 Å². The van der Waals surface area contributed by atoms with E-state index in [-0.39, 0.29) is 23.9 Å². The summed E-state index contributed by atoms with van der Waals surface area (Å²) >= 11 is 1.41. The molecule has 0 unspecified atom stereocenters. The van der Waals surface area contributed by atoms with Crippen LogP contribution in [0, 0.1) is 13.8 Å². The Morgan fingerprint density at radius 1 is 1.06 bits per heavy atom. The minimum absolute atomic E-state index is 0.117. The lowest BCUT2D eigenvalue weighted by atomic mass is 10.0. The first-order valence-electron chi connectivity index (χ1n) is 10.4. The molecule has 0 spiro atoms. The zero-order valence-corrected chi connectivity index (χ0v) is 19.7. The van der Waals surface area contributed by atoms with Gasteiger partial charge in [-0.3, -0.25) is 19.0 Å². The van der Waals surface area contributed by atoms with Crippen LogP contribution in [0.5, 0.6) is 0 Å². The van der Waals surface area contributed by atoms with E-state index in [2.05, 4.69) is 16.4 Å². The number of nitrogens with zero attached hydrogens (tertiary/aromatic N) is 3. The SMILES string of the molecule is Cc1ccc(-c2csc3ncn(CC(=O)Nc4ccc(C(=O)N(C)C)cc4)c(=O)c23)cc1C. The third-order valence-corrected chi connectivity index (χ3v) is 6.40. The Kier molecular flexibility index (Phi) is 6.11. The van der Waals surface area contributed by atoms with Crippen LogP contribution in [-0.4, -0.2) is 40.4 Å². The molecule has 4 rings (SSSR count). The van der Waals surface area contributed by atoms with Crippen molar-refractivity contribution >= 4 is 39.1 Å². The van der Waals surface area contributed by atoms with Crippen LogP contribution in [0.25, 0.3) is 21.3 Å². The molecule has 0 fully saturated rings. The number of carbonyl (C=O) groups is 2. The molecule has 2 aromatic heterocycles. The summed E-state index contributed by atoms with van der Waals surface area (Å²) in [4.78, 5) is 44.3. The number of anilines is 1. The first-order valence-corrected chi connectivity index (χ1v) is 11.3. The maximum atomic E-state index is 13.2. The number of amides is 2. The summed E-state index contributed by atoms with van der Waals surface area (Å²) in [6.07, 6.45) is 1.41. The molecule has 33 heavy (non-hydrogen) atoms. The summed E-state index contributed by atoms with van der Waals surface area (Å²) in [6.45, 7) is 3.92. The van der Waals surface area contributed by atoms with E-state index in [9.17, 15) is 14.4 Å². The van der Waals surface area contributed by atoms with Gasteiger partial charge >= 0.3 is 0 Å². The molecule has 2 heterocycles. The first-order chi connectivity index (χ1) is 15.7. The lowest BCUT2D eigenvalue weighted by Gasteiger charge is -2.11. The molecule has 0 radical (unpaired) electrons. The van der Waals surface area contributed by atoms with Crippen molar-refractivity contribution in [1.82, 2.24) is 14.5 Å². The molecule has 0 aliphatic heterocycles. The number of thiophene rings is 1. The highest BCUT2D eigenvalue weighted by Crippen LogP contribution is 2.31. The number of nitrogens with one attached hydrogen (secondary N) is 1. The summed E-state index contributed by atoms with van der Waals surface area (Å²) < 4.78 is 1.32. The molecule has 2 amide bonds. The van der Waals surface area contributed by atoms with Gasteiger partial charge in [0.05, 0.1) is 11.7 Å². The quantitative estimate of drug-likeness (QED) is 0.486. The molecular weight excluding hydrogens is 436 g/mol. The van der Waals surface area contributed by atoms with Crippen LogP contribution in [0.2, 0.25) is 0 Å². The highest BCUT2D eigenvalue weighted by molar-refractivity contribution is 7.17. The van der Waals surface area contributed by atoms with Crippen LogP contribution in [-0.2, 0) is 11.3 Å². The number of aryl methyl sites for hydroxylation is 2. The van der Waals surface area contributed by atoms with Crippen LogP contribution in [0.4, 0.5) is 5.69 Å². The summed E-state index contributed by atoms with van der Waals surface area (Å²) in [5.41, 5.74) is 4.93. The average Bonchev–Trinajstić information content (AvgIpc) is 3.22. The number of fused-ring (bicyclic) bond motifs is 1. The number of carbonyl (C=O) groups excluding carboxylic acids is 2. The van der Waals surface area contributed by atoms with Crippen LogP contribution in [0.3, 0.4) is 0 Å². The van der Waals surface area contributed by atoms with Crippen molar-refractivity contribution in [3.05, 3.63) is 81.2 Å². The minimum atomic E-state index is -0.354. The van der Waals surface area contributed by atoms with Gasteiger partial charge in [0.2, 0.25) is 5.91 Å². The predicted octanol–water partition coefficient (Wildman–Crippen LogP) is 4.08. The lowest BCUT2D eigenvalue weighted by molar-refractivity contribution is -0.116. The van der Waals surface area contributed by atoms with E-state index < -0.39 is 0 Å². The van der Waals surface area contributed by atoms with Gasteiger partial charge in [-0.1, -0.05) is 18.2 Å². The molecule has 0 saturated carbocycles. The van der Waals surface area contributed by atoms with Gasteiger partial charge < -0.3 is 10.2 Å². The molecule has 168 valence electrons. The molecule has 1 N–H and O–H groups in total. The van der Waals surface area contributed by atoms with E-state index in [4.69, 9.17) is 0 Å². The third kappa shape index (κ3) is 4.56. The van der Waals surface area contributed by atoms with Gasteiger partial charge in [0.25, 0.3) is 11.5 Å². The second-order valence-corrected chi connectivity index (χ2v) is 8.99. The Morgan fingerprint density at radius 2 is 1.79 bits per heavy atom. The van der Waals surface area contributed by atoms with Crippen LogP contribution < -0.4 is 10.9 Å². The van der Waals surface area contributed by atoms with Gasteiger partial charge in [-0.2, -0.15) is 0 Å². The molecule has 0 atom stereocenters. The van der Waals surface area contributed by atoms with Gasteiger partial charge in [-0.05, 0) is 54.8 Å². The van der Waals surface area contributed by atoms with Gasteiger partial charge in [-0.25, -0.2) is 4.98 Å². The fraction of sp³-hybridized carbons (Fsp3) is 0.200. The second-order valence-electron chi connectivity index (χ2n) is 8.13. The van der Waals surface area contributed by atoms with Crippen molar-refractivity contribution in [3.8, 4) is 11.1 Å². The molecule has 7 nitrogen and oxygen atoms in total. The predicted molar refractivity (Wildman–Crippen MR) is 132 cm³/mol. The Morgan fingerprint density at radius 3 is 2.45 bits per heavy atom. The average molecular weight is 461 g/mol. The van der Waals surface area contributed by atoms with Crippen molar-refractivity contribution in [2.24, 2.45) is 0 Å². The molecule has 0 bridgehead atoms. The Labute approximate surface area is 195 Å². The Hall–Kier alpha value is -3.78. The molecule has 4 aromatic rings. The first kappa shape index (κ1) is 22.4. The highest BCUT2D eigenvalue weighted by Gasteiger charge is 2.15. The van der Waals surface area contributed by atoms with Crippen LogP contribution in [0.1, 0.15) is 21.5 Å². The maximum absolute atomic E-state index is 13.2. The largest absolute Gasteiger partial charge is 0.345 e. The zero-order valence-electron chi connectivity index (χ0n) is 18.9. The monoisotopic (exact) mass is 460 g/mol. The number of aromatic nitrogens is 2. The summed E-state index contributed by atoms with van der Waals surface area (Å²) in [5, 5.41) is 5.22. The zero-order chi connectivity index (χ0) is 23.7. The topological polar surface area (TPSA) is 84.3 Å². The van der Waals surface area contributed by atoms with E-state index in [0.29, 0.717) is 21.5 Å². The van der Waals surface area contributed by atoms with Crippen LogP contribution in [0.15, 0.2) is 59.0 Å². The molecule has 8 heteroatoms. The van der Waals surface area contributed by atoms with Crippen molar-refractivity contribution < 1.29 is 9.59 Å². The van der Waals surface area contributed by atoms with E-state index in [1.165, 1.54) is 32.7 Å². The van der Waals surface area contributed by atoms with Gasteiger partial charge in [-0.15, -0.1) is 11.3 Å². The van der Waals surface area contributed by atoms with E-state index in [1.807, 2.05) is 31.4 Å². The second kappa shape index (κ2) is 8.99. The highest BCUT2D eigenvalue weighted by atomic mass is 32.1. The van der Waals surface area contributed by atoms with Crippen LogP contribution >= 0.6 is 11.3 Å². The molecule has 0 aliphatic carbocycles. The van der Waals surface area contributed by atoms with Crippen molar-refractivity contribution in [2.45, 2.75) is 20.4 Å². The summed E-state index contributed by atoms with van der Waals surface area (Å²) in [7, 11) is 3.36. The van der Waals surface area contributed by atoms with Crippen molar-refractivity contribution in [2.75, 3.05) is 19.4 Å². The normalized spacial score (nSPS) is 10.9. The summed E-state index contributed by atoms with van der Waals surface area (Å²) in [6, 6.07) is 12.7. The van der Waals surface area contributed by atoms with Crippen molar-refractivity contribution in [3.63, 3.8) is 0 Å². The standard InChI is InChI=1S/C25H24N4O3S/c1-15-5-6-18(11-16(15)2)20-13-33-23-22(20)25(32)29(14-26-23)12-21(30)27-19-9-7-17(8-10-19)24(31)28(3)4/h5-11,13-14H,12H2,1-4H3,(H,27,30). The minimum Gasteiger partial charge on any atom is -0.345 e. The van der Waals surface area contributed by atoms with E-state index in [1.54, 1.807) is 38.4 Å². The Bertz CT molecular complexity index is 1420. The third-order valence-electron chi connectivity index (χ3n) is 5.51. The molecular formula is C25H24N4O3S. The lowest BCUT2D eigenvalue weighted by Crippen LogP contribution is -2.27. The fourth-order valence-electron chi connectivity index (χ4n) is 3.51. The molecule has 0 saturated heterocycles. The summed E-state index contributed by atoms with van der Waals surface area (Å²) in [5.74, 6) is -0.470. The Balaban J connectivity index is 1.57. The van der Waals surface area contributed by atoms with Gasteiger partial charge in [0, 0.05) is 36.3 Å². The number of hydrogen-bond acceptors (Lipinski definition) is 5. The number of rotatable bonds is 5. The fourth-order valence-corrected chi connectivity index (χ4v) is 4.42.